The van der Waals surface area contributed by atoms with Gasteiger partial charge in [-0.05, 0) is 31.0 Å². The molecule has 0 amide bonds. The van der Waals surface area contributed by atoms with Crippen molar-refractivity contribution in [2.75, 3.05) is 13.1 Å². The van der Waals surface area contributed by atoms with Crippen molar-refractivity contribution in [3.63, 3.8) is 0 Å². The third-order valence-corrected chi connectivity index (χ3v) is 5.05. The monoisotopic (exact) mass is 408 g/mol. The van der Waals surface area contributed by atoms with Crippen molar-refractivity contribution in [3.8, 4) is 0 Å². The van der Waals surface area contributed by atoms with Gasteiger partial charge in [0.2, 0.25) is 0 Å². The smallest absolute Gasteiger partial charge is 0.191 e. The van der Waals surface area contributed by atoms with Gasteiger partial charge in [0.1, 0.15) is 18.2 Å². The van der Waals surface area contributed by atoms with Crippen molar-refractivity contribution >= 4 is 17.6 Å². The molecule has 2 aromatic rings. The zero-order valence-electron chi connectivity index (χ0n) is 17.3. The number of halogens is 2. The summed E-state index contributed by atoms with van der Waals surface area (Å²) >= 11 is 6.26. The Morgan fingerprint density at radius 1 is 1.29 bits per heavy atom. The predicted octanol–water partition coefficient (Wildman–Crippen LogP) is 3.73. The summed E-state index contributed by atoms with van der Waals surface area (Å²) in [5.41, 5.74) is 0.583. The quantitative estimate of drug-likeness (QED) is 0.397. The zero-order valence-corrected chi connectivity index (χ0v) is 18.1. The summed E-state index contributed by atoms with van der Waals surface area (Å²) in [7, 11) is 1.93. The van der Waals surface area contributed by atoms with E-state index in [9.17, 15) is 4.39 Å². The molecule has 0 aliphatic carbocycles. The molecule has 28 heavy (non-hydrogen) atoms. The number of hydrogen-bond acceptors (Lipinski definition) is 3. The molecule has 154 valence electrons. The highest BCUT2D eigenvalue weighted by molar-refractivity contribution is 6.31. The van der Waals surface area contributed by atoms with E-state index in [-0.39, 0.29) is 11.2 Å². The van der Waals surface area contributed by atoms with Crippen LogP contribution in [0.5, 0.6) is 0 Å². The molecule has 0 unspecified atom stereocenters. The van der Waals surface area contributed by atoms with Crippen LogP contribution in [-0.4, -0.2) is 33.8 Å². The van der Waals surface area contributed by atoms with Crippen LogP contribution in [0.2, 0.25) is 5.02 Å². The van der Waals surface area contributed by atoms with Gasteiger partial charge in [0, 0.05) is 30.6 Å². The van der Waals surface area contributed by atoms with Crippen molar-refractivity contribution < 1.29 is 4.39 Å². The topological polar surface area (TPSA) is 67.1 Å². The van der Waals surface area contributed by atoms with E-state index < -0.39 is 0 Å². The Kier molecular flexibility index (Phi) is 7.80. The fourth-order valence-electron chi connectivity index (χ4n) is 2.73. The summed E-state index contributed by atoms with van der Waals surface area (Å²) in [5.74, 6) is 2.03. The molecule has 2 N–H and O–H groups in total. The molecule has 0 aliphatic rings. The number of aliphatic imine (C=N–C) groups is 1. The van der Waals surface area contributed by atoms with Gasteiger partial charge in [-0.1, -0.05) is 44.9 Å². The van der Waals surface area contributed by atoms with Gasteiger partial charge in [-0.15, -0.1) is 10.2 Å². The molecule has 1 aromatic heterocycles. The third kappa shape index (κ3) is 5.92. The van der Waals surface area contributed by atoms with Gasteiger partial charge in [0.15, 0.2) is 11.8 Å². The fourth-order valence-corrected chi connectivity index (χ4v) is 3.16. The maximum absolute atomic E-state index is 13.4. The van der Waals surface area contributed by atoms with Crippen LogP contribution in [0.3, 0.4) is 0 Å². The lowest BCUT2D eigenvalue weighted by Gasteiger charge is -2.28. The molecule has 6 nitrogen and oxygen atoms in total. The normalized spacial score (nSPS) is 12.3. The number of aromatic nitrogens is 3. The highest BCUT2D eigenvalue weighted by Crippen LogP contribution is 2.29. The largest absolute Gasteiger partial charge is 0.356 e. The van der Waals surface area contributed by atoms with Crippen LogP contribution in [0.4, 0.5) is 4.39 Å². The second-order valence-electron chi connectivity index (χ2n) is 7.53. The SMILES string of the molecule is CCCCNC(=NCc1nnc(C)n1C)NCC(C)(C)c1ccc(F)cc1Cl. The molecule has 2 rings (SSSR count). The molecule has 1 aromatic carbocycles. The molecule has 0 saturated heterocycles. The van der Waals surface area contributed by atoms with Gasteiger partial charge in [-0.2, -0.15) is 0 Å². The van der Waals surface area contributed by atoms with Gasteiger partial charge in [-0.3, -0.25) is 0 Å². The van der Waals surface area contributed by atoms with Crippen LogP contribution in [0.1, 0.15) is 50.8 Å². The van der Waals surface area contributed by atoms with Crippen LogP contribution in [-0.2, 0) is 19.0 Å². The standard InChI is InChI=1S/C20H30ClFN6/c1-6-7-10-23-19(24-12-18-27-26-14(2)28(18)5)25-13-20(3,4)16-9-8-15(22)11-17(16)21/h8-9,11H,6-7,10,12-13H2,1-5H3,(H2,23,24,25). The first-order valence-corrected chi connectivity index (χ1v) is 9.95. The van der Waals surface area contributed by atoms with Gasteiger partial charge in [0.05, 0.1) is 0 Å². The Morgan fingerprint density at radius 3 is 2.64 bits per heavy atom. The highest BCUT2D eigenvalue weighted by atomic mass is 35.5. The second-order valence-corrected chi connectivity index (χ2v) is 7.94. The number of nitrogens with zero attached hydrogens (tertiary/aromatic N) is 4. The molecular weight excluding hydrogens is 379 g/mol. The molecular formula is C20H30ClFN6. The van der Waals surface area contributed by atoms with Crippen molar-refractivity contribution in [2.24, 2.45) is 12.0 Å². The minimum absolute atomic E-state index is 0.306. The van der Waals surface area contributed by atoms with Crippen molar-refractivity contribution in [2.45, 2.75) is 52.5 Å². The highest BCUT2D eigenvalue weighted by Gasteiger charge is 2.24. The molecule has 0 fully saturated rings. The molecule has 1 heterocycles. The molecule has 0 atom stereocenters. The molecule has 0 saturated carbocycles. The molecule has 0 radical (unpaired) electrons. The Balaban J connectivity index is 2.10. The van der Waals surface area contributed by atoms with E-state index in [1.807, 2.05) is 18.5 Å². The number of nitrogens with one attached hydrogen (secondary N) is 2. The average molecular weight is 409 g/mol. The maximum atomic E-state index is 13.4. The predicted molar refractivity (Wildman–Crippen MR) is 112 cm³/mol. The second kappa shape index (κ2) is 9.87. The van der Waals surface area contributed by atoms with Crippen LogP contribution in [0.15, 0.2) is 23.2 Å². The Morgan fingerprint density at radius 2 is 2.04 bits per heavy atom. The minimum Gasteiger partial charge on any atom is -0.356 e. The lowest BCUT2D eigenvalue weighted by atomic mass is 9.84. The van der Waals surface area contributed by atoms with E-state index >= 15 is 0 Å². The fraction of sp³-hybridized carbons (Fsp3) is 0.550. The first-order chi connectivity index (χ1) is 13.2. The van der Waals surface area contributed by atoms with Crippen LogP contribution in [0, 0.1) is 12.7 Å². The van der Waals surface area contributed by atoms with Crippen LogP contribution in [0.25, 0.3) is 0 Å². The van der Waals surface area contributed by atoms with Crippen LogP contribution < -0.4 is 10.6 Å². The van der Waals surface area contributed by atoms with Gasteiger partial charge < -0.3 is 15.2 Å². The number of guanidine groups is 1. The first-order valence-electron chi connectivity index (χ1n) is 9.57. The third-order valence-electron chi connectivity index (χ3n) is 4.74. The number of aryl methyl sites for hydroxylation is 1. The summed E-state index contributed by atoms with van der Waals surface area (Å²) in [6, 6.07) is 4.53. The summed E-state index contributed by atoms with van der Waals surface area (Å²) in [6.07, 6.45) is 2.15. The van der Waals surface area contributed by atoms with E-state index in [2.05, 4.69) is 46.6 Å². The van der Waals surface area contributed by atoms with Gasteiger partial charge in [0.25, 0.3) is 0 Å². The first kappa shape index (κ1) is 22.1. The van der Waals surface area contributed by atoms with Gasteiger partial charge >= 0.3 is 0 Å². The number of unbranched alkanes of at least 4 members (excludes halogenated alkanes) is 1. The summed E-state index contributed by atoms with van der Waals surface area (Å²) in [4.78, 5) is 4.65. The maximum Gasteiger partial charge on any atom is 0.191 e. The Hall–Kier alpha value is -2.15. The summed E-state index contributed by atoms with van der Waals surface area (Å²) < 4.78 is 15.3. The Labute approximate surface area is 171 Å². The van der Waals surface area contributed by atoms with E-state index in [0.717, 1.165) is 36.6 Å². The lowest BCUT2D eigenvalue weighted by Crippen LogP contribution is -2.44. The van der Waals surface area contributed by atoms with Crippen LogP contribution >= 0.6 is 11.6 Å². The van der Waals surface area contributed by atoms with E-state index in [1.165, 1.54) is 12.1 Å². The molecule has 8 heteroatoms. The van der Waals surface area contributed by atoms with Crippen molar-refractivity contribution in [3.05, 3.63) is 46.3 Å². The number of rotatable bonds is 8. The molecule has 0 aliphatic heterocycles. The van der Waals surface area contributed by atoms with E-state index in [0.29, 0.717) is 24.1 Å². The van der Waals surface area contributed by atoms with Crippen molar-refractivity contribution in [1.82, 2.24) is 25.4 Å². The van der Waals surface area contributed by atoms with Crippen molar-refractivity contribution in [1.29, 1.82) is 0 Å². The van der Waals surface area contributed by atoms with Gasteiger partial charge in [-0.25, -0.2) is 9.38 Å². The Bertz CT molecular complexity index is 815. The van der Waals surface area contributed by atoms with E-state index in [4.69, 9.17) is 11.6 Å². The summed E-state index contributed by atoms with van der Waals surface area (Å²) in [6.45, 7) is 10.0. The average Bonchev–Trinajstić information content (AvgIpc) is 2.95. The molecule has 0 bridgehead atoms. The molecule has 0 spiro atoms. The lowest BCUT2D eigenvalue weighted by molar-refractivity contribution is 0.506. The van der Waals surface area contributed by atoms with E-state index in [1.54, 1.807) is 6.07 Å². The number of benzene rings is 1. The zero-order chi connectivity index (χ0) is 20.7. The summed E-state index contributed by atoms with van der Waals surface area (Å²) in [5, 5.41) is 15.4. The minimum atomic E-state index is -0.333. The number of hydrogen-bond donors (Lipinski definition) is 2.